The lowest BCUT2D eigenvalue weighted by molar-refractivity contribution is 0.0605. The van der Waals surface area contributed by atoms with E-state index in [4.69, 9.17) is 5.73 Å². The molecule has 0 saturated carbocycles. The van der Waals surface area contributed by atoms with E-state index in [0.717, 1.165) is 36.9 Å². The largest absolute Gasteiger partial charge is 0.336 e. The third kappa shape index (κ3) is 2.69. The van der Waals surface area contributed by atoms with Crippen molar-refractivity contribution in [1.82, 2.24) is 4.90 Å². The summed E-state index contributed by atoms with van der Waals surface area (Å²) < 4.78 is 0. The molecule has 0 aromatic carbocycles. The van der Waals surface area contributed by atoms with E-state index in [0.29, 0.717) is 12.6 Å². The maximum Gasteiger partial charge on any atom is 0.255 e. The van der Waals surface area contributed by atoms with Crippen LogP contribution in [0.2, 0.25) is 0 Å². The van der Waals surface area contributed by atoms with Gasteiger partial charge in [-0.25, -0.2) is 0 Å². The molecular formula is C13H20N2OS. The van der Waals surface area contributed by atoms with Gasteiger partial charge in [0.25, 0.3) is 5.91 Å². The third-order valence-corrected chi connectivity index (χ3v) is 4.34. The molecule has 1 aromatic heterocycles. The predicted molar refractivity (Wildman–Crippen MR) is 71.4 cm³/mol. The molecule has 2 rings (SSSR count). The van der Waals surface area contributed by atoms with Crippen molar-refractivity contribution < 1.29 is 4.79 Å². The minimum Gasteiger partial charge on any atom is -0.336 e. The summed E-state index contributed by atoms with van der Waals surface area (Å²) in [7, 11) is 0. The zero-order valence-electron chi connectivity index (χ0n) is 10.3. The molecule has 1 aromatic rings. The SMILES string of the molecule is Cc1cscc1C(=O)N1CCCC[C@H]1CCN. The molecule has 3 nitrogen and oxygen atoms in total. The lowest BCUT2D eigenvalue weighted by Crippen LogP contribution is -2.44. The lowest BCUT2D eigenvalue weighted by atomic mass is 9.98. The smallest absolute Gasteiger partial charge is 0.255 e. The Labute approximate surface area is 107 Å². The van der Waals surface area contributed by atoms with Crippen molar-refractivity contribution in [3.05, 3.63) is 21.9 Å². The number of rotatable bonds is 3. The molecule has 0 unspecified atom stereocenters. The zero-order chi connectivity index (χ0) is 12.3. The van der Waals surface area contributed by atoms with Crippen LogP contribution in [-0.2, 0) is 0 Å². The Morgan fingerprint density at radius 3 is 3.00 bits per heavy atom. The fraction of sp³-hybridized carbons (Fsp3) is 0.615. The molecule has 1 fully saturated rings. The van der Waals surface area contributed by atoms with E-state index < -0.39 is 0 Å². The standard InChI is InChI=1S/C13H20N2OS/c1-10-8-17-9-12(10)13(16)15-7-3-2-4-11(15)5-6-14/h8-9,11H,2-7,14H2,1H3/t11-/m0/s1. The van der Waals surface area contributed by atoms with Crippen LogP contribution >= 0.6 is 11.3 Å². The average molecular weight is 252 g/mol. The van der Waals surface area contributed by atoms with Crippen LogP contribution in [0.3, 0.4) is 0 Å². The summed E-state index contributed by atoms with van der Waals surface area (Å²) in [6.45, 7) is 3.56. The first-order valence-electron chi connectivity index (χ1n) is 6.28. The molecule has 0 spiro atoms. The average Bonchev–Trinajstić information content (AvgIpc) is 2.76. The molecule has 1 saturated heterocycles. The number of aryl methyl sites for hydroxylation is 1. The molecule has 2 heterocycles. The Kier molecular flexibility index (Phi) is 4.18. The van der Waals surface area contributed by atoms with Crippen molar-refractivity contribution >= 4 is 17.2 Å². The summed E-state index contributed by atoms with van der Waals surface area (Å²) in [4.78, 5) is 14.5. The highest BCUT2D eigenvalue weighted by atomic mass is 32.1. The quantitative estimate of drug-likeness (QED) is 0.898. The lowest BCUT2D eigenvalue weighted by Gasteiger charge is -2.35. The van der Waals surface area contributed by atoms with Crippen LogP contribution in [0.25, 0.3) is 0 Å². The summed E-state index contributed by atoms with van der Waals surface area (Å²) in [6.07, 6.45) is 4.37. The number of hydrogen-bond donors (Lipinski definition) is 1. The highest BCUT2D eigenvalue weighted by Crippen LogP contribution is 2.24. The summed E-state index contributed by atoms with van der Waals surface area (Å²) >= 11 is 1.60. The van der Waals surface area contributed by atoms with Gasteiger partial charge in [0.2, 0.25) is 0 Å². The fourth-order valence-corrected chi connectivity index (χ4v) is 3.32. The number of nitrogens with zero attached hydrogens (tertiary/aromatic N) is 1. The second-order valence-corrected chi connectivity index (χ2v) is 5.44. The maximum absolute atomic E-state index is 12.5. The van der Waals surface area contributed by atoms with Gasteiger partial charge < -0.3 is 10.6 Å². The summed E-state index contributed by atoms with van der Waals surface area (Å²) in [5.41, 5.74) is 7.60. The number of piperidine rings is 1. The molecule has 94 valence electrons. The van der Waals surface area contributed by atoms with Crippen molar-refractivity contribution in [2.75, 3.05) is 13.1 Å². The topological polar surface area (TPSA) is 46.3 Å². The van der Waals surface area contributed by atoms with Crippen LogP contribution in [0.5, 0.6) is 0 Å². The van der Waals surface area contributed by atoms with Crippen molar-refractivity contribution in [1.29, 1.82) is 0 Å². The van der Waals surface area contributed by atoms with E-state index in [2.05, 4.69) is 0 Å². The number of likely N-dealkylation sites (tertiary alicyclic amines) is 1. The Balaban J connectivity index is 2.14. The van der Waals surface area contributed by atoms with Gasteiger partial charge in [0.05, 0.1) is 5.56 Å². The Bertz CT molecular complexity index is 387. The van der Waals surface area contributed by atoms with Crippen LogP contribution in [0, 0.1) is 6.92 Å². The molecule has 1 atom stereocenters. The number of amides is 1. The second kappa shape index (κ2) is 5.65. The molecule has 4 heteroatoms. The Morgan fingerprint density at radius 1 is 1.53 bits per heavy atom. The van der Waals surface area contributed by atoms with Crippen LogP contribution < -0.4 is 5.73 Å². The molecular weight excluding hydrogens is 232 g/mol. The van der Waals surface area contributed by atoms with Gasteiger partial charge in [0, 0.05) is 18.0 Å². The Hall–Kier alpha value is -0.870. The third-order valence-electron chi connectivity index (χ3n) is 3.47. The zero-order valence-corrected chi connectivity index (χ0v) is 11.1. The van der Waals surface area contributed by atoms with Gasteiger partial charge in [0.15, 0.2) is 0 Å². The number of hydrogen-bond acceptors (Lipinski definition) is 3. The van der Waals surface area contributed by atoms with Crippen LogP contribution in [0.4, 0.5) is 0 Å². The van der Waals surface area contributed by atoms with E-state index in [-0.39, 0.29) is 5.91 Å². The molecule has 1 aliphatic rings. The summed E-state index contributed by atoms with van der Waals surface area (Å²) in [6, 6.07) is 0.348. The molecule has 17 heavy (non-hydrogen) atoms. The highest BCUT2D eigenvalue weighted by molar-refractivity contribution is 7.08. The van der Waals surface area contributed by atoms with E-state index in [9.17, 15) is 4.79 Å². The van der Waals surface area contributed by atoms with Crippen molar-refractivity contribution in [3.63, 3.8) is 0 Å². The molecule has 2 N–H and O–H groups in total. The van der Waals surface area contributed by atoms with Gasteiger partial charge in [-0.3, -0.25) is 4.79 Å². The van der Waals surface area contributed by atoms with Gasteiger partial charge in [0.1, 0.15) is 0 Å². The Morgan fingerprint density at radius 2 is 2.35 bits per heavy atom. The van der Waals surface area contributed by atoms with Crippen LogP contribution in [-0.4, -0.2) is 29.9 Å². The van der Waals surface area contributed by atoms with Crippen LogP contribution in [0.1, 0.15) is 41.6 Å². The molecule has 0 radical (unpaired) electrons. The predicted octanol–water partition coefficient (Wildman–Crippen LogP) is 2.40. The van der Waals surface area contributed by atoms with Crippen LogP contribution in [0.15, 0.2) is 10.8 Å². The first-order chi connectivity index (χ1) is 8.24. The monoisotopic (exact) mass is 252 g/mol. The van der Waals surface area contributed by atoms with Gasteiger partial charge in [-0.15, -0.1) is 0 Å². The molecule has 0 bridgehead atoms. The molecule has 0 aliphatic carbocycles. The van der Waals surface area contributed by atoms with Gasteiger partial charge >= 0.3 is 0 Å². The fourth-order valence-electron chi connectivity index (χ4n) is 2.49. The van der Waals surface area contributed by atoms with E-state index in [1.54, 1.807) is 11.3 Å². The van der Waals surface area contributed by atoms with E-state index in [1.165, 1.54) is 6.42 Å². The number of nitrogens with two attached hydrogens (primary N) is 1. The second-order valence-electron chi connectivity index (χ2n) is 4.69. The summed E-state index contributed by atoms with van der Waals surface area (Å²) in [5, 5.41) is 4.00. The highest BCUT2D eigenvalue weighted by Gasteiger charge is 2.27. The molecule has 1 aliphatic heterocycles. The summed E-state index contributed by atoms with van der Waals surface area (Å²) in [5.74, 6) is 0.196. The van der Waals surface area contributed by atoms with Crippen molar-refractivity contribution in [2.45, 2.75) is 38.6 Å². The maximum atomic E-state index is 12.5. The number of carbonyl (C=O) groups is 1. The van der Waals surface area contributed by atoms with Gasteiger partial charge in [-0.05, 0) is 50.1 Å². The first-order valence-corrected chi connectivity index (χ1v) is 7.22. The minimum atomic E-state index is 0.196. The van der Waals surface area contributed by atoms with Crippen molar-refractivity contribution in [3.8, 4) is 0 Å². The van der Waals surface area contributed by atoms with E-state index >= 15 is 0 Å². The number of thiophene rings is 1. The van der Waals surface area contributed by atoms with E-state index in [1.807, 2.05) is 22.6 Å². The normalized spacial score (nSPS) is 20.6. The number of carbonyl (C=O) groups excluding carboxylic acids is 1. The van der Waals surface area contributed by atoms with Gasteiger partial charge in [-0.2, -0.15) is 11.3 Å². The molecule has 1 amide bonds. The van der Waals surface area contributed by atoms with Crippen molar-refractivity contribution in [2.24, 2.45) is 5.73 Å². The first kappa shape index (κ1) is 12.6. The van der Waals surface area contributed by atoms with Gasteiger partial charge in [-0.1, -0.05) is 0 Å². The minimum absolute atomic E-state index is 0.196.